The van der Waals surface area contributed by atoms with Gasteiger partial charge in [0.05, 0.1) is 30.9 Å². The maximum absolute atomic E-state index is 13.5. The van der Waals surface area contributed by atoms with Crippen LogP contribution in [0.25, 0.3) is 22.2 Å². The largest absolute Gasteiger partial charge is 0.497 e. The van der Waals surface area contributed by atoms with Gasteiger partial charge < -0.3 is 30.0 Å². The molecule has 0 spiro atoms. The number of carbonyl (C=O) groups excluding carboxylic acids is 2. The summed E-state index contributed by atoms with van der Waals surface area (Å²) in [6.07, 6.45) is 1.36. The number of ether oxygens (including phenoxy) is 2. The molecule has 3 N–H and O–H groups in total. The molecule has 0 bridgehead atoms. The lowest BCUT2D eigenvalue weighted by molar-refractivity contribution is -0.145. The molecule has 2 aliphatic rings. The minimum Gasteiger partial charge on any atom is -0.497 e. The molecule has 5 atom stereocenters. The molecular weight excluding hydrogens is 523 g/mol. The van der Waals surface area contributed by atoms with Crippen LogP contribution in [0, 0.1) is 5.92 Å². The minimum absolute atomic E-state index is 0.106. The molecule has 3 aromatic rings. The summed E-state index contributed by atoms with van der Waals surface area (Å²) >= 11 is 0. The smallest absolute Gasteiger partial charge is 0.330 e. The first-order valence-electron chi connectivity index (χ1n) is 13.4. The Bertz CT molecular complexity index is 1500. The van der Waals surface area contributed by atoms with E-state index < -0.39 is 41.5 Å². The van der Waals surface area contributed by atoms with Crippen LogP contribution in [0.5, 0.6) is 11.5 Å². The molecule has 1 aliphatic carbocycles. The summed E-state index contributed by atoms with van der Waals surface area (Å²) in [5, 5.41) is 15.6. The molecule has 5 rings (SSSR count). The van der Waals surface area contributed by atoms with Crippen LogP contribution >= 0.6 is 0 Å². The number of benzene rings is 2. The summed E-state index contributed by atoms with van der Waals surface area (Å²) in [4.78, 5) is 44.9. The molecule has 11 heteroatoms. The van der Waals surface area contributed by atoms with E-state index in [0.717, 1.165) is 10.9 Å². The minimum atomic E-state index is -1.42. The van der Waals surface area contributed by atoms with E-state index in [4.69, 9.17) is 22.4 Å². The number of carboxylic acid groups (broad SMARTS) is 1. The van der Waals surface area contributed by atoms with E-state index in [0.29, 0.717) is 22.7 Å². The van der Waals surface area contributed by atoms with Crippen LogP contribution in [-0.4, -0.2) is 78.1 Å². The molecule has 1 aliphatic heterocycles. The Morgan fingerprint density at radius 3 is 2.61 bits per heavy atom. The van der Waals surface area contributed by atoms with Crippen LogP contribution < -0.4 is 20.0 Å². The van der Waals surface area contributed by atoms with Crippen molar-refractivity contribution in [2.75, 3.05) is 13.7 Å². The maximum atomic E-state index is 13.5. The first-order chi connectivity index (χ1) is 19.7. The normalized spacial score (nSPS) is 24.0. The van der Waals surface area contributed by atoms with Gasteiger partial charge in [0.25, 0.3) is 0 Å². The molecule has 2 amide bonds. The molecule has 210 valence electrons. The van der Waals surface area contributed by atoms with E-state index in [9.17, 15) is 19.5 Å². The zero-order valence-electron chi connectivity index (χ0n) is 22.9. The predicted molar refractivity (Wildman–Crippen MR) is 153 cm³/mol. The summed E-state index contributed by atoms with van der Waals surface area (Å²) in [7, 11) is 7.11. The number of likely N-dealkylation sites (tertiary alicyclic amines) is 1. The first-order valence-corrected chi connectivity index (χ1v) is 13.4. The summed E-state index contributed by atoms with van der Waals surface area (Å²) in [6, 6.07) is 15.3. The van der Waals surface area contributed by atoms with Crippen molar-refractivity contribution in [1.82, 2.24) is 20.4 Å². The highest BCUT2D eigenvalue weighted by Gasteiger charge is 2.61. The number of nitrogens with one attached hydrogen (secondary N) is 2. The van der Waals surface area contributed by atoms with E-state index in [1.54, 1.807) is 14.0 Å². The number of methoxy groups -OCH3 is 1. The van der Waals surface area contributed by atoms with Crippen LogP contribution in [0.2, 0.25) is 0 Å². The van der Waals surface area contributed by atoms with Crippen LogP contribution in [0.15, 0.2) is 67.3 Å². The predicted octanol–water partition coefficient (Wildman–Crippen LogP) is 2.47. The van der Waals surface area contributed by atoms with Crippen LogP contribution in [-0.2, 0) is 14.4 Å². The molecule has 5 unspecified atom stereocenters. The lowest BCUT2D eigenvalue weighted by Gasteiger charge is -2.27. The van der Waals surface area contributed by atoms with Crippen molar-refractivity contribution in [2.45, 2.75) is 43.5 Å². The van der Waals surface area contributed by atoms with Crippen molar-refractivity contribution in [3.63, 3.8) is 0 Å². The molecule has 10 nitrogen and oxygen atoms in total. The Balaban J connectivity index is 1.47. The molecule has 1 saturated carbocycles. The van der Waals surface area contributed by atoms with Crippen molar-refractivity contribution in [1.29, 1.82) is 0 Å². The Kier molecular flexibility index (Phi) is 7.73. The fourth-order valence-electron chi connectivity index (χ4n) is 5.35. The Morgan fingerprint density at radius 1 is 1.22 bits per heavy atom. The summed E-state index contributed by atoms with van der Waals surface area (Å²) in [6.45, 7) is 5.37. The van der Waals surface area contributed by atoms with Crippen molar-refractivity contribution in [3.8, 4) is 22.8 Å². The average molecular weight is 554 g/mol. The van der Waals surface area contributed by atoms with Crippen molar-refractivity contribution >= 4 is 36.7 Å². The number of aliphatic carboxylic acids is 1. The molecule has 2 heterocycles. The van der Waals surface area contributed by atoms with Crippen molar-refractivity contribution < 1.29 is 29.0 Å². The van der Waals surface area contributed by atoms with Gasteiger partial charge in [-0.05, 0) is 25.5 Å². The van der Waals surface area contributed by atoms with E-state index in [1.165, 1.54) is 11.0 Å². The molecular formula is C30H31BN4O6. The monoisotopic (exact) mass is 554 g/mol. The third-order valence-electron chi connectivity index (χ3n) is 7.84. The molecule has 1 saturated heterocycles. The fraction of sp³-hybridized carbons (Fsp3) is 0.333. The number of pyridine rings is 1. The number of hydrogen-bond acceptors (Lipinski definition) is 7. The summed E-state index contributed by atoms with van der Waals surface area (Å²) in [5.74, 6) is -1.30. The van der Waals surface area contributed by atoms with Crippen LogP contribution in [0.3, 0.4) is 0 Å². The second kappa shape index (κ2) is 11.2. The van der Waals surface area contributed by atoms with Crippen molar-refractivity contribution in [2.24, 2.45) is 5.92 Å². The van der Waals surface area contributed by atoms with Crippen LogP contribution in [0.1, 0.15) is 19.8 Å². The van der Waals surface area contributed by atoms with Gasteiger partial charge in [0.1, 0.15) is 29.2 Å². The van der Waals surface area contributed by atoms with Gasteiger partial charge in [0.15, 0.2) is 7.98 Å². The molecule has 41 heavy (non-hydrogen) atoms. The van der Waals surface area contributed by atoms with Gasteiger partial charge >= 0.3 is 5.97 Å². The molecule has 1 aromatic heterocycles. The highest BCUT2D eigenvalue weighted by molar-refractivity contribution is 6.07. The van der Waals surface area contributed by atoms with Gasteiger partial charge in [-0.2, -0.15) is 0 Å². The average Bonchev–Trinajstić information content (AvgIpc) is 3.56. The molecule has 2 radical (unpaired) electrons. The zero-order valence-corrected chi connectivity index (χ0v) is 22.9. The Labute approximate surface area is 239 Å². The van der Waals surface area contributed by atoms with E-state index in [1.807, 2.05) is 54.6 Å². The number of fused-ring (bicyclic) bond motifs is 1. The number of rotatable bonds is 10. The second-order valence-corrected chi connectivity index (χ2v) is 10.4. The number of carboxylic acids is 1. The fourth-order valence-corrected chi connectivity index (χ4v) is 5.35. The SMILES string of the molecule is [B]NC(C)C(=O)N1CC(Oc2cc(-c3ccccc3)nc3cc(OC)ccc23)CC1C(=O)NC1(C(=O)O)CC1C=C. The number of amides is 2. The highest BCUT2D eigenvalue weighted by Crippen LogP contribution is 2.45. The lowest BCUT2D eigenvalue weighted by atomic mass is 10.1. The van der Waals surface area contributed by atoms with Crippen LogP contribution in [0.4, 0.5) is 0 Å². The van der Waals surface area contributed by atoms with E-state index in [2.05, 4.69) is 17.1 Å². The van der Waals surface area contributed by atoms with Gasteiger partial charge in [-0.3, -0.25) is 9.59 Å². The Hall–Kier alpha value is -4.38. The topological polar surface area (TPSA) is 130 Å². The lowest BCUT2D eigenvalue weighted by Crippen LogP contribution is -2.55. The standard InChI is InChI=1S/C30H31BN4O6/c1-4-19-15-30(19,29(38)39)33-27(36)25-13-21(16-35(25)28(37)17(2)34-31)41-26-14-23(18-8-6-5-7-9-18)32-24-12-20(40-3)10-11-22(24)26/h4-12,14,17,19,21,25,34H,1,13,15-16H2,2-3H3,(H,33,36)(H,38,39). The van der Waals surface area contributed by atoms with Gasteiger partial charge in [-0.15, -0.1) is 6.58 Å². The third-order valence-corrected chi connectivity index (χ3v) is 7.84. The maximum Gasteiger partial charge on any atom is 0.330 e. The van der Waals surface area contributed by atoms with Gasteiger partial charge in [0, 0.05) is 35.4 Å². The quantitative estimate of drug-likeness (QED) is 0.258. The molecule has 2 aromatic carbocycles. The number of aromatic nitrogens is 1. The van der Waals surface area contributed by atoms with Gasteiger partial charge in [-0.25, -0.2) is 9.78 Å². The third kappa shape index (κ3) is 5.37. The first kappa shape index (κ1) is 28.2. The zero-order chi connectivity index (χ0) is 29.3. The number of hydrogen-bond donors (Lipinski definition) is 3. The van der Waals surface area contributed by atoms with E-state index >= 15 is 0 Å². The van der Waals surface area contributed by atoms with Gasteiger partial charge in [0.2, 0.25) is 11.8 Å². The van der Waals surface area contributed by atoms with Gasteiger partial charge in [-0.1, -0.05) is 36.4 Å². The summed E-state index contributed by atoms with van der Waals surface area (Å²) in [5.41, 5.74) is 0.824. The summed E-state index contributed by atoms with van der Waals surface area (Å²) < 4.78 is 11.9. The number of nitrogens with zero attached hydrogens (tertiary/aromatic N) is 2. The van der Waals surface area contributed by atoms with Crippen molar-refractivity contribution in [3.05, 3.63) is 67.3 Å². The second-order valence-electron chi connectivity index (χ2n) is 10.4. The number of carbonyl (C=O) groups is 3. The highest BCUT2D eigenvalue weighted by atomic mass is 16.5. The Morgan fingerprint density at radius 2 is 1.98 bits per heavy atom. The van der Waals surface area contributed by atoms with E-state index in [-0.39, 0.29) is 25.3 Å². The molecule has 2 fully saturated rings.